The molecule has 0 amide bonds. The van der Waals surface area contributed by atoms with E-state index in [0.717, 1.165) is 32.1 Å². The van der Waals surface area contributed by atoms with Gasteiger partial charge in [0.2, 0.25) is 0 Å². The van der Waals surface area contributed by atoms with Crippen LogP contribution in [-0.2, 0) is 14.9 Å². The van der Waals surface area contributed by atoms with Gasteiger partial charge in [0.05, 0.1) is 0 Å². The van der Waals surface area contributed by atoms with Crippen LogP contribution in [0.15, 0.2) is 12.2 Å². The maximum absolute atomic E-state index is 11.9. The third-order valence-corrected chi connectivity index (χ3v) is 5.94. The van der Waals surface area contributed by atoms with E-state index in [9.17, 15) is 13.2 Å². The molecule has 0 heterocycles. The molecule has 0 rings (SSSR count). The quantitative estimate of drug-likeness (QED) is 0.143. The van der Waals surface area contributed by atoms with Crippen molar-refractivity contribution >= 4 is 15.9 Å². The maximum atomic E-state index is 11.9. The van der Waals surface area contributed by atoms with Crippen molar-refractivity contribution in [3.8, 4) is 0 Å². The molecular formula is C21H42NNaO4S. The van der Waals surface area contributed by atoms with Gasteiger partial charge in [-0.05, 0) is 39.2 Å². The Kier molecular flexibility index (Phi) is 22.4. The van der Waals surface area contributed by atoms with Crippen molar-refractivity contribution in [1.29, 1.82) is 0 Å². The molecule has 0 radical (unpaired) electrons. The summed E-state index contributed by atoms with van der Waals surface area (Å²) in [6, 6.07) is 0. The van der Waals surface area contributed by atoms with E-state index in [0.29, 0.717) is 6.42 Å². The van der Waals surface area contributed by atoms with Crippen molar-refractivity contribution < 1.29 is 48.7 Å². The predicted molar refractivity (Wildman–Crippen MR) is 115 cm³/mol. The number of rotatable bonds is 19. The van der Waals surface area contributed by atoms with Gasteiger partial charge in [-0.15, -0.1) is 0 Å². The fourth-order valence-electron chi connectivity index (χ4n) is 3.10. The summed E-state index contributed by atoms with van der Waals surface area (Å²) in [5.41, 5.74) is 0. The fourth-order valence-corrected chi connectivity index (χ4v) is 3.93. The molecular weight excluding hydrogens is 385 g/mol. The van der Waals surface area contributed by atoms with E-state index in [2.05, 4.69) is 24.4 Å². The van der Waals surface area contributed by atoms with Crippen LogP contribution >= 0.6 is 0 Å². The topological polar surface area (TPSA) is 83.5 Å². The normalized spacial score (nSPS) is 12.8. The van der Waals surface area contributed by atoms with E-state index in [4.69, 9.17) is 4.55 Å². The summed E-state index contributed by atoms with van der Waals surface area (Å²) >= 11 is 0. The van der Waals surface area contributed by atoms with Crippen molar-refractivity contribution in [2.45, 2.75) is 102 Å². The van der Waals surface area contributed by atoms with Crippen LogP contribution in [0.3, 0.4) is 0 Å². The Bertz CT molecular complexity index is 501. The molecule has 1 unspecified atom stereocenters. The number of unbranched alkanes of at least 4 members (excludes halogenated alkanes) is 11. The molecule has 2 N–H and O–H groups in total. The van der Waals surface area contributed by atoms with Gasteiger partial charge in [0, 0.05) is 13.0 Å². The first kappa shape index (κ1) is 30.5. The summed E-state index contributed by atoms with van der Waals surface area (Å²) in [6.07, 6.45) is 20.1. The molecule has 0 aromatic rings. The van der Waals surface area contributed by atoms with E-state index in [1.807, 2.05) is 0 Å². The summed E-state index contributed by atoms with van der Waals surface area (Å²) in [7, 11) is -2.75. The van der Waals surface area contributed by atoms with Crippen LogP contribution in [0.2, 0.25) is 0 Å². The van der Waals surface area contributed by atoms with E-state index in [-0.39, 0.29) is 43.9 Å². The van der Waals surface area contributed by atoms with Gasteiger partial charge in [-0.25, -0.2) is 0 Å². The summed E-state index contributed by atoms with van der Waals surface area (Å²) < 4.78 is 31.5. The van der Waals surface area contributed by atoms with E-state index in [1.165, 1.54) is 44.9 Å². The Labute approximate surface area is 197 Å². The number of hydrogen-bond acceptors (Lipinski definition) is 4. The summed E-state index contributed by atoms with van der Waals surface area (Å²) in [6.45, 7) is 2.20. The summed E-state index contributed by atoms with van der Waals surface area (Å²) in [5.74, 6) is -0.399. The smallest absolute Gasteiger partial charge is 1.00 e. The molecule has 0 saturated carbocycles. The zero-order valence-corrected chi connectivity index (χ0v) is 21.2. The molecule has 0 fully saturated rings. The van der Waals surface area contributed by atoms with Crippen LogP contribution in [0.4, 0.5) is 0 Å². The molecule has 0 aliphatic rings. The molecule has 0 aliphatic heterocycles. The molecule has 162 valence electrons. The fraction of sp³-hybridized carbons (Fsp3) is 0.857. The van der Waals surface area contributed by atoms with Gasteiger partial charge in [-0.1, -0.05) is 70.4 Å². The van der Waals surface area contributed by atoms with Crippen molar-refractivity contribution in [1.82, 2.24) is 5.32 Å². The second-order valence-corrected chi connectivity index (χ2v) is 8.96. The van der Waals surface area contributed by atoms with Crippen LogP contribution in [0.25, 0.3) is 0 Å². The number of allylic oxidation sites excluding steroid dienone is 2. The van der Waals surface area contributed by atoms with Gasteiger partial charge in [0.25, 0.3) is 10.1 Å². The van der Waals surface area contributed by atoms with E-state index in [1.54, 1.807) is 7.05 Å². The zero-order valence-electron chi connectivity index (χ0n) is 19.4. The average molecular weight is 428 g/mol. The molecule has 0 spiro atoms. The zero-order chi connectivity index (χ0) is 20.4. The van der Waals surface area contributed by atoms with Gasteiger partial charge in [0.1, 0.15) is 0 Å². The SMILES string of the molecule is CCCCCCCCC=CCCCCCCCC(=O)C(CNC)S(=O)(=O)O.[H-].[Na+]. The van der Waals surface area contributed by atoms with Gasteiger partial charge >= 0.3 is 29.6 Å². The molecule has 28 heavy (non-hydrogen) atoms. The number of nitrogens with one attached hydrogen (secondary N) is 1. The van der Waals surface area contributed by atoms with Crippen molar-refractivity contribution in [3.05, 3.63) is 12.2 Å². The Morgan fingerprint density at radius 2 is 1.39 bits per heavy atom. The molecule has 0 aromatic heterocycles. The van der Waals surface area contributed by atoms with Crippen molar-refractivity contribution in [2.24, 2.45) is 0 Å². The van der Waals surface area contributed by atoms with Gasteiger partial charge in [0.15, 0.2) is 11.0 Å². The van der Waals surface area contributed by atoms with E-state index >= 15 is 0 Å². The number of ketones is 1. The summed E-state index contributed by atoms with van der Waals surface area (Å²) in [5, 5.41) is 1.31. The molecule has 7 heteroatoms. The first-order valence-corrected chi connectivity index (χ1v) is 12.2. The first-order valence-electron chi connectivity index (χ1n) is 10.7. The third kappa shape index (κ3) is 18.3. The molecule has 1 atom stereocenters. The molecule has 0 aliphatic carbocycles. The second kappa shape index (κ2) is 20.5. The molecule has 5 nitrogen and oxygen atoms in total. The van der Waals surface area contributed by atoms with Crippen LogP contribution in [-0.4, -0.2) is 37.6 Å². The number of hydrogen-bond donors (Lipinski definition) is 2. The summed E-state index contributed by atoms with van der Waals surface area (Å²) in [4.78, 5) is 11.9. The van der Waals surface area contributed by atoms with Crippen molar-refractivity contribution in [3.63, 3.8) is 0 Å². The van der Waals surface area contributed by atoms with Crippen LogP contribution in [0.1, 0.15) is 98.2 Å². The standard InChI is InChI=1S/C21H41NO4S.Na.H/c1-3-4-5-6-7-8-9-10-11-12-13-14-15-16-17-18-20(23)21(19-22-2)27(24,25)26;;/h10-11,21-22H,3-9,12-19H2,1-2H3,(H,24,25,26);;/q;+1;-1. The van der Waals surface area contributed by atoms with Gasteiger partial charge < -0.3 is 6.74 Å². The van der Waals surface area contributed by atoms with Gasteiger partial charge in [-0.3, -0.25) is 9.35 Å². The van der Waals surface area contributed by atoms with Crippen LogP contribution in [0, 0.1) is 0 Å². The Morgan fingerprint density at radius 1 is 0.929 bits per heavy atom. The minimum Gasteiger partial charge on any atom is -1.00 e. The predicted octanol–water partition coefficient (Wildman–Crippen LogP) is 2.19. The molecule has 0 aromatic carbocycles. The van der Waals surface area contributed by atoms with Crippen LogP contribution in [0.5, 0.6) is 0 Å². The Morgan fingerprint density at radius 3 is 1.86 bits per heavy atom. The monoisotopic (exact) mass is 427 g/mol. The minimum atomic E-state index is -4.32. The van der Waals surface area contributed by atoms with Crippen molar-refractivity contribution in [2.75, 3.05) is 13.6 Å². The Hall–Kier alpha value is 0.280. The Balaban J connectivity index is -0.00000338. The number of Topliss-reactive ketones (excluding diaryl/α,β-unsaturated/α-hetero) is 1. The molecule has 0 bridgehead atoms. The maximum Gasteiger partial charge on any atom is 1.00 e. The second-order valence-electron chi connectivity index (χ2n) is 7.36. The third-order valence-electron chi connectivity index (χ3n) is 4.79. The van der Waals surface area contributed by atoms with Crippen LogP contribution < -0.4 is 34.9 Å². The largest absolute Gasteiger partial charge is 1.00 e. The number of carbonyl (C=O) groups excluding carboxylic acids is 1. The first-order chi connectivity index (χ1) is 12.9. The average Bonchev–Trinajstić information content (AvgIpc) is 2.61. The minimum absolute atomic E-state index is 0. The van der Waals surface area contributed by atoms with Gasteiger partial charge in [-0.2, -0.15) is 8.42 Å². The van der Waals surface area contributed by atoms with E-state index < -0.39 is 21.2 Å². The number of carbonyl (C=O) groups is 1. The molecule has 0 saturated heterocycles.